The van der Waals surface area contributed by atoms with Crippen LogP contribution < -0.4 is 4.90 Å². The third kappa shape index (κ3) is 4.73. The van der Waals surface area contributed by atoms with Gasteiger partial charge in [-0.3, -0.25) is 14.4 Å². The minimum Gasteiger partial charge on any atom is -0.394 e. The Morgan fingerprint density at radius 3 is 2.54 bits per heavy atom. The van der Waals surface area contributed by atoms with Crippen molar-refractivity contribution < 1.29 is 19.5 Å². The summed E-state index contributed by atoms with van der Waals surface area (Å²) >= 11 is 1.66. The van der Waals surface area contributed by atoms with Gasteiger partial charge in [-0.25, -0.2) is 0 Å². The van der Waals surface area contributed by atoms with Crippen molar-refractivity contribution in [3.8, 4) is 0 Å². The molecule has 1 spiro atoms. The molecule has 39 heavy (non-hydrogen) atoms. The van der Waals surface area contributed by atoms with Crippen LogP contribution in [0.15, 0.2) is 43.5 Å². The van der Waals surface area contributed by atoms with E-state index in [4.69, 9.17) is 0 Å². The molecule has 3 heterocycles. The minimum atomic E-state index is -0.779. The van der Waals surface area contributed by atoms with Gasteiger partial charge in [0.1, 0.15) is 6.04 Å². The minimum absolute atomic E-state index is 0.0131. The number of nitrogens with zero attached hydrogens (tertiary/aromatic N) is 3. The highest BCUT2D eigenvalue weighted by atomic mass is 32.2. The number of rotatable bonds is 11. The lowest BCUT2D eigenvalue weighted by molar-refractivity contribution is -0.145. The fraction of sp³-hybridized carbons (Fsp3) is 0.581. The summed E-state index contributed by atoms with van der Waals surface area (Å²) in [5.41, 5.74) is 2.80. The zero-order valence-electron chi connectivity index (χ0n) is 23.9. The Kier molecular flexibility index (Phi) is 8.67. The van der Waals surface area contributed by atoms with Crippen molar-refractivity contribution in [3.63, 3.8) is 0 Å². The van der Waals surface area contributed by atoms with Gasteiger partial charge in [-0.05, 0) is 49.8 Å². The first-order chi connectivity index (χ1) is 18.6. The number of hydrogen-bond donors (Lipinski definition) is 1. The molecule has 3 saturated heterocycles. The molecule has 3 aliphatic heterocycles. The number of amides is 3. The number of fused-ring (bicyclic) bond motifs is 1. The second kappa shape index (κ2) is 11.5. The van der Waals surface area contributed by atoms with Crippen LogP contribution in [-0.2, 0) is 14.4 Å². The van der Waals surface area contributed by atoms with Gasteiger partial charge in [-0.2, -0.15) is 0 Å². The van der Waals surface area contributed by atoms with Gasteiger partial charge in [0.25, 0.3) is 5.91 Å². The summed E-state index contributed by atoms with van der Waals surface area (Å²) in [4.78, 5) is 48.0. The number of aliphatic hydroxyl groups excluding tert-OH is 1. The van der Waals surface area contributed by atoms with Crippen LogP contribution in [0.5, 0.6) is 0 Å². The third-order valence-corrected chi connectivity index (χ3v) is 11.1. The molecule has 0 radical (unpaired) electrons. The van der Waals surface area contributed by atoms with Crippen LogP contribution in [0.1, 0.15) is 44.2 Å². The molecule has 2 unspecified atom stereocenters. The highest BCUT2D eigenvalue weighted by Gasteiger charge is 2.74. The van der Waals surface area contributed by atoms with E-state index in [1.807, 2.05) is 45.9 Å². The van der Waals surface area contributed by atoms with Gasteiger partial charge in [0.2, 0.25) is 11.8 Å². The molecule has 7 nitrogen and oxygen atoms in total. The topological polar surface area (TPSA) is 81.2 Å². The summed E-state index contributed by atoms with van der Waals surface area (Å²) in [6.07, 6.45) is 5.62. The molecule has 4 rings (SSSR count). The number of aryl methyl sites for hydroxylation is 2. The van der Waals surface area contributed by atoms with Crippen molar-refractivity contribution in [1.82, 2.24) is 9.80 Å². The van der Waals surface area contributed by atoms with Gasteiger partial charge < -0.3 is 19.8 Å². The summed E-state index contributed by atoms with van der Waals surface area (Å²) in [7, 11) is 1.75. The van der Waals surface area contributed by atoms with Crippen molar-refractivity contribution in [1.29, 1.82) is 0 Å². The lowest BCUT2D eigenvalue weighted by Gasteiger charge is -2.41. The van der Waals surface area contributed by atoms with Crippen molar-refractivity contribution in [2.24, 2.45) is 17.8 Å². The zero-order chi connectivity index (χ0) is 28.6. The Hall–Kier alpha value is -2.58. The molecule has 3 fully saturated rings. The third-order valence-electron chi connectivity index (χ3n) is 9.11. The van der Waals surface area contributed by atoms with Crippen LogP contribution in [0.4, 0.5) is 5.69 Å². The highest BCUT2D eigenvalue weighted by molar-refractivity contribution is 8.02. The van der Waals surface area contributed by atoms with Crippen molar-refractivity contribution >= 4 is 35.2 Å². The molecule has 3 amide bonds. The summed E-state index contributed by atoms with van der Waals surface area (Å²) in [6, 6.07) is 4.73. The number of carbonyl (C=O) groups is 3. The molecule has 2 bridgehead atoms. The summed E-state index contributed by atoms with van der Waals surface area (Å²) in [5, 5.41) is 10.6. The molecule has 212 valence electrons. The fourth-order valence-corrected chi connectivity index (χ4v) is 9.15. The molecule has 0 saturated carbocycles. The Balaban J connectivity index is 1.86. The Morgan fingerprint density at radius 2 is 1.92 bits per heavy atom. The van der Waals surface area contributed by atoms with Gasteiger partial charge in [0.15, 0.2) is 0 Å². The molecule has 0 aliphatic carbocycles. The normalized spacial score (nSPS) is 28.7. The van der Waals surface area contributed by atoms with E-state index in [0.29, 0.717) is 19.5 Å². The van der Waals surface area contributed by atoms with E-state index in [0.717, 1.165) is 29.7 Å². The lowest BCUT2D eigenvalue weighted by atomic mass is 9.70. The van der Waals surface area contributed by atoms with Crippen molar-refractivity contribution in [2.45, 2.75) is 69.0 Å². The van der Waals surface area contributed by atoms with Gasteiger partial charge in [-0.15, -0.1) is 24.9 Å². The monoisotopic (exact) mass is 553 g/mol. The van der Waals surface area contributed by atoms with Gasteiger partial charge in [0, 0.05) is 31.1 Å². The number of thioether (sulfide) groups is 1. The second-order valence-electron chi connectivity index (χ2n) is 11.5. The molecule has 8 heteroatoms. The smallest absolute Gasteiger partial charge is 0.251 e. The molecule has 0 aromatic heterocycles. The zero-order valence-corrected chi connectivity index (χ0v) is 24.7. The summed E-state index contributed by atoms with van der Waals surface area (Å²) < 4.78 is -0.716. The lowest BCUT2D eigenvalue weighted by Crippen LogP contribution is -2.58. The summed E-state index contributed by atoms with van der Waals surface area (Å²) in [6.45, 7) is 16.2. The molecule has 1 aromatic carbocycles. The van der Waals surface area contributed by atoms with E-state index in [1.54, 1.807) is 45.7 Å². The van der Waals surface area contributed by atoms with Gasteiger partial charge >= 0.3 is 0 Å². The number of anilines is 1. The maximum absolute atomic E-state index is 14.8. The summed E-state index contributed by atoms with van der Waals surface area (Å²) in [5.74, 6) is -1.52. The Bertz CT molecular complexity index is 1150. The first-order valence-electron chi connectivity index (χ1n) is 14.0. The van der Waals surface area contributed by atoms with Crippen molar-refractivity contribution in [3.05, 3.63) is 54.6 Å². The average Bonchev–Trinajstić information content (AvgIpc) is 3.56. The maximum Gasteiger partial charge on any atom is 0.251 e. The van der Waals surface area contributed by atoms with E-state index in [-0.39, 0.29) is 35.5 Å². The van der Waals surface area contributed by atoms with E-state index < -0.39 is 28.7 Å². The van der Waals surface area contributed by atoms with Crippen LogP contribution in [0.2, 0.25) is 0 Å². The predicted octanol–water partition coefficient (Wildman–Crippen LogP) is 3.97. The molecule has 1 N–H and O–H groups in total. The predicted molar refractivity (Wildman–Crippen MR) is 158 cm³/mol. The van der Waals surface area contributed by atoms with Gasteiger partial charge in [-0.1, -0.05) is 44.6 Å². The largest absolute Gasteiger partial charge is 0.394 e. The maximum atomic E-state index is 14.8. The van der Waals surface area contributed by atoms with E-state index in [9.17, 15) is 19.5 Å². The quantitative estimate of drug-likeness (QED) is 0.420. The van der Waals surface area contributed by atoms with E-state index in [2.05, 4.69) is 13.2 Å². The SMILES string of the molecule is C=CCN(C)C(=O)[C@@H]1[C@H]2C(=O)N([C@@H](CO)[C@@H](C)CC)C(C(=O)N(CC=C)c3cc(C)ccc3C)C23CC[C@H]1S3. The van der Waals surface area contributed by atoms with Crippen LogP contribution in [0.25, 0.3) is 0 Å². The van der Waals surface area contributed by atoms with Crippen LogP contribution in [0.3, 0.4) is 0 Å². The standard InChI is InChI=1S/C31H43N3O4S/c1-8-15-32(7)28(36)25-24-13-14-31(39-24)26(25)29(37)34(23(18-35)20(5)10-3)27(31)30(38)33(16-9-2)22-17-19(4)11-12-21(22)6/h8-9,11-12,17,20,23-27,35H,1-2,10,13-16,18H2,3-7H3/t20-,23-,24+,25-,26-,27?,31?/m0/s1. The molecule has 3 aliphatic rings. The van der Waals surface area contributed by atoms with Gasteiger partial charge in [0.05, 0.1) is 29.2 Å². The van der Waals surface area contributed by atoms with Crippen LogP contribution in [0, 0.1) is 31.6 Å². The number of aliphatic hydroxyl groups is 1. The fourth-order valence-electron chi connectivity index (χ4n) is 6.96. The average molecular weight is 554 g/mol. The second-order valence-corrected chi connectivity index (χ2v) is 13.1. The molecular formula is C31H43N3O4S. The molecule has 7 atom stereocenters. The first-order valence-corrected chi connectivity index (χ1v) is 14.9. The van der Waals surface area contributed by atoms with Crippen molar-refractivity contribution in [2.75, 3.05) is 31.6 Å². The van der Waals surface area contributed by atoms with Crippen LogP contribution >= 0.6 is 11.8 Å². The Labute approximate surface area is 237 Å². The number of hydrogen-bond acceptors (Lipinski definition) is 5. The first kappa shape index (κ1) is 29.4. The van der Waals surface area contributed by atoms with Crippen LogP contribution in [-0.4, -0.2) is 81.5 Å². The number of benzene rings is 1. The number of likely N-dealkylation sites (tertiary alicyclic amines) is 1. The Morgan fingerprint density at radius 1 is 1.23 bits per heavy atom. The van der Waals surface area contributed by atoms with E-state index in [1.165, 1.54) is 0 Å². The molecular weight excluding hydrogens is 510 g/mol. The molecule has 1 aromatic rings. The number of likely N-dealkylation sites (N-methyl/N-ethyl adjacent to an activating group) is 1. The van der Waals surface area contributed by atoms with E-state index >= 15 is 0 Å². The number of carbonyl (C=O) groups excluding carboxylic acids is 3. The highest BCUT2D eigenvalue weighted by Crippen LogP contribution is 2.67.